The van der Waals surface area contributed by atoms with Crippen LogP contribution in [0.3, 0.4) is 0 Å². The lowest BCUT2D eigenvalue weighted by Gasteiger charge is -2.36. The second-order valence-electron chi connectivity index (χ2n) is 7.66. The van der Waals surface area contributed by atoms with Crippen molar-refractivity contribution in [3.8, 4) is 0 Å². The van der Waals surface area contributed by atoms with Gasteiger partial charge in [0.1, 0.15) is 5.82 Å². The Labute approximate surface area is 195 Å². The summed E-state index contributed by atoms with van der Waals surface area (Å²) < 4.78 is 41.3. The predicted octanol–water partition coefficient (Wildman–Crippen LogP) is 3.50. The van der Waals surface area contributed by atoms with Crippen molar-refractivity contribution in [2.75, 3.05) is 35.8 Å². The van der Waals surface area contributed by atoms with Gasteiger partial charge in [-0.1, -0.05) is 18.2 Å². The molecule has 0 unspecified atom stereocenters. The molecule has 1 saturated heterocycles. The smallest absolute Gasteiger partial charge is 0.270 e. The third-order valence-electron chi connectivity index (χ3n) is 5.50. The van der Waals surface area contributed by atoms with Gasteiger partial charge in [0, 0.05) is 44.0 Å². The molecule has 0 aliphatic carbocycles. The summed E-state index contributed by atoms with van der Waals surface area (Å²) >= 11 is 0. The van der Waals surface area contributed by atoms with Gasteiger partial charge in [0.25, 0.3) is 21.6 Å². The number of halogens is 1. The van der Waals surface area contributed by atoms with Crippen molar-refractivity contribution < 1.29 is 22.5 Å². The summed E-state index contributed by atoms with van der Waals surface area (Å²) in [6, 6.07) is 17.0. The molecule has 1 N–H and O–H groups in total. The van der Waals surface area contributed by atoms with E-state index in [1.54, 1.807) is 29.2 Å². The van der Waals surface area contributed by atoms with Crippen molar-refractivity contribution in [2.24, 2.45) is 0 Å². The molecular weight excluding hydrogens is 463 g/mol. The van der Waals surface area contributed by atoms with Gasteiger partial charge in [0.05, 0.1) is 21.1 Å². The molecule has 3 aromatic rings. The summed E-state index contributed by atoms with van der Waals surface area (Å²) in [6.45, 7) is 1.89. The minimum absolute atomic E-state index is 0.0833. The van der Waals surface area contributed by atoms with Gasteiger partial charge in [0.2, 0.25) is 0 Å². The van der Waals surface area contributed by atoms with Crippen LogP contribution in [-0.2, 0) is 10.0 Å². The number of sulfonamides is 1. The monoisotopic (exact) mass is 484 g/mol. The van der Waals surface area contributed by atoms with E-state index in [1.165, 1.54) is 42.5 Å². The number of benzene rings is 3. The number of carbonyl (C=O) groups excluding carboxylic acids is 1. The number of piperazine rings is 1. The fraction of sp³-hybridized carbons (Fsp3) is 0.174. The van der Waals surface area contributed by atoms with Crippen molar-refractivity contribution in [1.82, 2.24) is 4.90 Å². The van der Waals surface area contributed by atoms with Gasteiger partial charge >= 0.3 is 0 Å². The molecule has 1 amide bonds. The Bertz CT molecular complexity index is 1320. The lowest BCUT2D eigenvalue weighted by atomic mass is 10.1. The summed E-state index contributed by atoms with van der Waals surface area (Å²) in [5, 5.41) is 11.0. The summed E-state index contributed by atoms with van der Waals surface area (Å²) in [4.78, 5) is 26.9. The minimum Gasteiger partial charge on any atom is -0.368 e. The molecule has 1 aliphatic heterocycles. The first-order valence-electron chi connectivity index (χ1n) is 10.4. The topological polar surface area (TPSA) is 113 Å². The van der Waals surface area contributed by atoms with Gasteiger partial charge in [-0.15, -0.1) is 0 Å². The number of nitro benzene ring substituents is 1. The minimum atomic E-state index is -4.17. The van der Waals surface area contributed by atoms with Gasteiger partial charge in [0.15, 0.2) is 0 Å². The van der Waals surface area contributed by atoms with Crippen LogP contribution in [0.15, 0.2) is 77.7 Å². The van der Waals surface area contributed by atoms with Crippen LogP contribution in [-0.4, -0.2) is 50.3 Å². The Kier molecular flexibility index (Phi) is 6.46. The highest BCUT2D eigenvalue weighted by Crippen LogP contribution is 2.25. The van der Waals surface area contributed by atoms with Crippen molar-refractivity contribution in [2.45, 2.75) is 4.90 Å². The van der Waals surface area contributed by atoms with E-state index in [1.807, 2.05) is 4.90 Å². The van der Waals surface area contributed by atoms with E-state index < -0.39 is 14.9 Å². The van der Waals surface area contributed by atoms with Gasteiger partial charge < -0.3 is 9.80 Å². The first-order chi connectivity index (χ1) is 16.2. The first kappa shape index (κ1) is 23.2. The number of hydrogen-bond donors (Lipinski definition) is 1. The average molecular weight is 485 g/mol. The van der Waals surface area contributed by atoms with E-state index in [0.717, 1.165) is 11.8 Å². The number of para-hydroxylation sites is 1. The highest BCUT2D eigenvalue weighted by atomic mass is 32.2. The number of carbonyl (C=O) groups is 1. The average Bonchev–Trinajstić information content (AvgIpc) is 2.84. The van der Waals surface area contributed by atoms with Crippen LogP contribution in [0.25, 0.3) is 0 Å². The maximum Gasteiger partial charge on any atom is 0.270 e. The van der Waals surface area contributed by atoms with Crippen molar-refractivity contribution in [3.63, 3.8) is 0 Å². The highest BCUT2D eigenvalue weighted by Gasteiger charge is 2.26. The Morgan fingerprint density at radius 2 is 1.62 bits per heavy atom. The largest absolute Gasteiger partial charge is 0.368 e. The van der Waals surface area contributed by atoms with Crippen LogP contribution in [0.4, 0.5) is 21.5 Å². The molecule has 0 aromatic heterocycles. The van der Waals surface area contributed by atoms with E-state index in [2.05, 4.69) is 4.72 Å². The van der Waals surface area contributed by atoms with Gasteiger partial charge in [-0.3, -0.25) is 19.6 Å². The molecule has 0 radical (unpaired) electrons. The van der Waals surface area contributed by atoms with Crippen molar-refractivity contribution in [3.05, 3.63) is 94.3 Å². The highest BCUT2D eigenvalue weighted by molar-refractivity contribution is 7.92. The van der Waals surface area contributed by atoms with Crippen molar-refractivity contribution >= 4 is 33.0 Å². The van der Waals surface area contributed by atoms with Gasteiger partial charge in [-0.25, -0.2) is 12.8 Å². The molecule has 3 aromatic carbocycles. The lowest BCUT2D eigenvalue weighted by Crippen LogP contribution is -2.49. The molecule has 4 rings (SSSR count). The quantitative estimate of drug-likeness (QED) is 0.423. The molecule has 1 aliphatic rings. The molecule has 1 fully saturated rings. The van der Waals surface area contributed by atoms with E-state index in [9.17, 15) is 27.7 Å². The summed E-state index contributed by atoms with van der Waals surface area (Å²) in [5.74, 6) is -0.655. The van der Waals surface area contributed by atoms with Crippen LogP contribution in [0, 0.1) is 15.9 Å². The van der Waals surface area contributed by atoms with E-state index in [-0.39, 0.29) is 33.6 Å². The number of nitro groups is 1. The molecule has 176 valence electrons. The Morgan fingerprint density at radius 1 is 0.941 bits per heavy atom. The first-order valence-corrected chi connectivity index (χ1v) is 11.9. The number of hydrogen-bond acceptors (Lipinski definition) is 6. The number of non-ortho nitro benzene ring substituents is 1. The number of nitrogens with zero attached hydrogens (tertiary/aromatic N) is 3. The Morgan fingerprint density at radius 3 is 2.29 bits per heavy atom. The van der Waals surface area contributed by atoms with Gasteiger partial charge in [-0.05, 0) is 42.5 Å². The predicted molar refractivity (Wildman–Crippen MR) is 125 cm³/mol. The normalized spacial score (nSPS) is 14.0. The molecule has 34 heavy (non-hydrogen) atoms. The summed E-state index contributed by atoms with van der Waals surface area (Å²) in [7, 11) is -4.17. The zero-order chi connectivity index (χ0) is 24.3. The molecule has 11 heteroatoms. The maximum absolute atomic E-state index is 13.2. The zero-order valence-electron chi connectivity index (χ0n) is 17.9. The van der Waals surface area contributed by atoms with E-state index in [4.69, 9.17) is 0 Å². The number of anilines is 2. The van der Waals surface area contributed by atoms with E-state index in [0.29, 0.717) is 26.2 Å². The molecule has 0 bridgehead atoms. The third kappa shape index (κ3) is 4.99. The van der Waals surface area contributed by atoms with Gasteiger partial charge in [-0.2, -0.15) is 0 Å². The standard InChI is InChI=1S/C23H21FN4O5S/c24-17-8-10-18(11-9-17)26-12-14-27(15-13-26)23(29)21-6-1-2-7-22(21)25-34(32,33)20-5-3-4-19(16-20)28(30)31/h1-11,16,25H,12-15H2. The summed E-state index contributed by atoms with van der Waals surface area (Å²) in [6.07, 6.45) is 0. The van der Waals surface area contributed by atoms with Crippen LogP contribution >= 0.6 is 0 Å². The lowest BCUT2D eigenvalue weighted by molar-refractivity contribution is -0.385. The molecular formula is C23H21FN4O5S. The fourth-order valence-electron chi connectivity index (χ4n) is 3.72. The Hall–Kier alpha value is -3.99. The third-order valence-corrected chi connectivity index (χ3v) is 6.86. The zero-order valence-corrected chi connectivity index (χ0v) is 18.7. The molecule has 1 heterocycles. The molecule has 0 spiro atoms. The SMILES string of the molecule is O=C(c1ccccc1NS(=O)(=O)c1cccc([N+](=O)[O-])c1)N1CCN(c2ccc(F)cc2)CC1. The second-order valence-corrected chi connectivity index (χ2v) is 9.34. The molecule has 9 nitrogen and oxygen atoms in total. The van der Waals surface area contributed by atoms with Crippen LogP contribution < -0.4 is 9.62 Å². The van der Waals surface area contributed by atoms with Crippen LogP contribution in [0.5, 0.6) is 0 Å². The molecule has 0 atom stereocenters. The van der Waals surface area contributed by atoms with Crippen LogP contribution in [0.2, 0.25) is 0 Å². The number of amides is 1. The number of nitrogens with one attached hydrogen (secondary N) is 1. The summed E-state index contributed by atoms with van der Waals surface area (Å²) in [5.41, 5.74) is 0.761. The fourth-order valence-corrected chi connectivity index (χ4v) is 4.84. The second kappa shape index (κ2) is 9.48. The van der Waals surface area contributed by atoms with E-state index >= 15 is 0 Å². The molecule has 0 saturated carbocycles. The van der Waals surface area contributed by atoms with Crippen LogP contribution in [0.1, 0.15) is 10.4 Å². The van der Waals surface area contributed by atoms with Crippen molar-refractivity contribution in [1.29, 1.82) is 0 Å². The maximum atomic E-state index is 13.2. The Balaban J connectivity index is 1.50. The number of rotatable bonds is 6.